The van der Waals surface area contributed by atoms with Crippen molar-refractivity contribution < 1.29 is 41.8 Å². The number of carboxylic acids is 1. The summed E-state index contributed by atoms with van der Waals surface area (Å²) >= 11 is -0.285. The number of anilines is 1. The number of nitrogens with one attached hydrogen (secondary N) is 2. The number of thioether (sulfide) groups is 1. The van der Waals surface area contributed by atoms with Gasteiger partial charge in [0.1, 0.15) is 11.6 Å². The predicted octanol–water partition coefficient (Wildman–Crippen LogP) is 6.37. The number of carbonyl (C=O) groups excluding carboxylic acids is 2. The molecular formula is C30H24F4N2O5S. The number of benzene rings is 3. The second kappa shape index (κ2) is 11.5. The van der Waals surface area contributed by atoms with Gasteiger partial charge in [-0.15, -0.1) is 0 Å². The molecule has 2 bridgehead atoms. The summed E-state index contributed by atoms with van der Waals surface area (Å²) in [5.74, 6) is -3.95. The van der Waals surface area contributed by atoms with E-state index in [1.165, 1.54) is 61.7 Å². The molecule has 4 atom stereocenters. The van der Waals surface area contributed by atoms with Gasteiger partial charge < -0.3 is 20.5 Å². The van der Waals surface area contributed by atoms with Crippen molar-refractivity contribution in [1.29, 1.82) is 0 Å². The lowest BCUT2D eigenvalue weighted by Gasteiger charge is -2.28. The van der Waals surface area contributed by atoms with E-state index in [0.29, 0.717) is 12.0 Å². The first-order valence-corrected chi connectivity index (χ1v) is 13.6. The van der Waals surface area contributed by atoms with Crippen molar-refractivity contribution in [3.63, 3.8) is 0 Å². The van der Waals surface area contributed by atoms with E-state index in [1.54, 1.807) is 0 Å². The van der Waals surface area contributed by atoms with Crippen LogP contribution in [0.2, 0.25) is 0 Å². The van der Waals surface area contributed by atoms with Crippen molar-refractivity contribution in [3.05, 3.63) is 89.8 Å². The van der Waals surface area contributed by atoms with E-state index in [0.717, 1.165) is 6.07 Å². The number of carboxylic acid groups (broad SMARTS) is 1. The van der Waals surface area contributed by atoms with E-state index in [1.807, 2.05) is 12.2 Å². The van der Waals surface area contributed by atoms with Crippen LogP contribution in [0.25, 0.3) is 11.1 Å². The van der Waals surface area contributed by atoms with E-state index < -0.39 is 41.1 Å². The highest BCUT2D eigenvalue weighted by atomic mass is 32.2. The Labute approximate surface area is 242 Å². The second-order valence-electron chi connectivity index (χ2n) is 9.95. The molecule has 5 rings (SSSR count). The maximum absolute atomic E-state index is 15.0. The largest absolute Gasteiger partial charge is 0.496 e. The smallest absolute Gasteiger partial charge is 0.446 e. The molecule has 7 nitrogen and oxygen atoms in total. The van der Waals surface area contributed by atoms with Gasteiger partial charge in [-0.3, -0.25) is 9.59 Å². The Morgan fingerprint density at radius 1 is 1.00 bits per heavy atom. The van der Waals surface area contributed by atoms with Gasteiger partial charge in [-0.25, -0.2) is 9.18 Å². The Bertz CT molecular complexity index is 1570. The summed E-state index contributed by atoms with van der Waals surface area (Å²) in [6.07, 6.45) is 4.41. The SMILES string of the molecule is COc1cc(F)c(-c2ccc(C(=O)O)cc2)cc1C(=O)NC1C2C=CC(C2)C1C(=O)Nc1cccc(SC(F)(F)F)c1. The van der Waals surface area contributed by atoms with Crippen molar-refractivity contribution in [2.24, 2.45) is 17.8 Å². The van der Waals surface area contributed by atoms with Crippen LogP contribution in [0.15, 0.2) is 77.7 Å². The number of rotatable bonds is 8. The molecule has 0 heterocycles. The lowest BCUT2D eigenvalue weighted by Crippen LogP contribution is -2.47. The topological polar surface area (TPSA) is 105 Å². The Morgan fingerprint density at radius 3 is 2.38 bits per heavy atom. The van der Waals surface area contributed by atoms with Gasteiger partial charge in [0, 0.05) is 28.3 Å². The molecule has 1 saturated carbocycles. The number of carbonyl (C=O) groups is 3. The Morgan fingerprint density at radius 2 is 1.71 bits per heavy atom. The molecule has 3 N–H and O–H groups in total. The van der Waals surface area contributed by atoms with Gasteiger partial charge in [-0.1, -0.05) is 30.4 Å². The normalized spacial score (nSPS) is 20.8. The summed E-state index contributed by atoms with van der Waals surface area (Å²) in [4.78, 5) is 38.0. The molecule has 2 aliphatic carbocycles. The van der Waals surface area contributed by atoms with E-state index in [4.69, 9.17) is 9.84 Å². The highest BCUT2D eigenvalue weighted by Crippen LogP contribution is 2.45. The molecule has 1 fully saturated rings. The van der Waals surface area contributed by atoms with Crippen LogP contribution in [0.3, 0.4) is 0 Å². The Hall–Kier alpha value is -4.32. The summed E-state index contributed by atoms with van der Waals surface area (Å²) < 4.78 is 58.7. The van der Waals surface area contributed by atoms with Crippen LogP contribution in [0.4, 0.5) is 23.2 Å². The molecule has 0 aromatic heterocycles. The molecule has 3 aromatic rings. The van der Waals surface area contributed by atoms with E-state index in [9.17, 15) is 31.9 Å². The van der Waals surface area contributed by atoms with Gasteiger partial charge in [0.05, 0.1) is 24.2 Å². The minimum Gasteiger partial charge on any atom is -0.496 e. The van der Waals surface area contributed by atoms with Crippen LogP contribution in [-0.2, 0) is 4.79 Å². The van der Waals surface area contributed by atoms with Crippen molar-refractivity contribution in [1.82, 2.24) is 5.32 Å². The first kappa shape index (κ1) is 29.2. The lowest BCUT2D eigenvalue weighted by molar-refractivity contribution is -0.121. The van der Waals surface area contributed by atoms with Crippen molar-refractivity contribution in [2.45, 2.75) is 22.9 Å². The zero-order valence-electron chi connectivity index (χ0n) is 21.9. The lowest BCUT2D eigenvalue weighted by atomic mass is 9.87. The monoisotopic (exact) mass is 600 g/mol. The molecule has 42 heavy (non-hydrogen) atoms. The number of aromatic carboxylic acids is 1. The van der Waals surface area contributed by atoms with E-state index in [2.05, 4.69) is 10.6 Å². The van der Waals surface area contributed by atoms with Crippen molar-refractivity contribution in [2.75, 3.05) is 12.4 Å². The van der Waals surface area contributed by atoms with Crippen LogP contribution in [-0.4, -0.2) is 41.6 Å². The highest BCUT2D eigenvalue weighted by molar-refractivity contribution is 8.00. The second-order valence-corrected chi connectivity index (χ2v) is 11.1. The third-order valence-electron chi connectivity index (χ3n) is 7.37. The fourth-order valence-electron chi connectivity index (χ4n) is 5.52. The maximum Gasteiger partial charge on any atom is 0.446 e. The molecular weight excluding hydrogens is 576 g/mol. The van der Waals surface area contributed by atoms with E-state index in [-0.39, 0.29) is 56.6 Å². The third-order valence-corrected chi connectivity index (χ3v) is 8.09. The number of amides is 2. The molecule has 218 valence electrons. The number of halogens is 4. The van der Waals surface area contributed by atoms with Crippen LogP contribution in [0, 0.1) is 23.6 Å². The van der Waals surface area contributed by atoms with Gasteiger partial charge in [-0.2, -0.15) is 13.2 Å². The average Bonchev–Trinajstić information content (AvgIpc) is 3.54. The zero-order chi connectivity index (χ0) is 30.2. The molecule has 0 radical (unpaired) electrons. The molecule has 2 amide bonds. The number of alkyl halides is 3. The Kier molecular flexibility index (Phi) is 8.00. The fourth-order valence-corrected chi connectivity index (χ4v) is 6.12. The average molecular weight is 601 g/mol. The first-order chi connectivity index (χ1) is 19.9. The number of fused-ring (bicyclic) bond motifs is 2. The quantitative estimate of drug-likeness (QED) is 0.158. The van der Waals surface area contributed by atoms with Crippen LogP contribution in [0.5, 0.6) is 5.75 Å². The summed E-state index contributed by atoms with van der Waals surface area (Å²) in [6.45, 7) is 0. The highest BCUT2D eigenvalue weighted by Gasteiger charge is 2.49. The van der Waals surface area contributed by atoms with Crippen molar-refractivity contribution >= 4 is 35.2 Å². The molecule has 0 spiro atoms. The minimum absolute atomic E-state index is 0.0130. The summed E-state index contributed by atoms with van der Waals surface area (Å²) in [6, 6.07) is 12.7. The fraction of sp³-hybridized carbons (Fsp3) is 0.233. The number of hydrogen-bond acceptors (Lipinski definition) is 5. The van der Waals surface area contributed by atoms with Gasteiger partial charge in [0.2, 0.25) is 5.91 Å². The number of ether oxygens (including phenoxy) is 1. The molecule has 12 heteroatoms. The summed E-state index contributed by atoms with van der Waals surface area (Å²) in [5.41, 5.74) is -3.85. The molecule has 0 saturated heterocycles. The minimum atomic E-state index is -4.48. The number of methoxy groups -OCH3 is 1. The Balaban J connectivity index is 1.38. The maximum atomic E-state index is 15.0. The van der Waals surface area contributed by atoms with Gasteiger partial charge in [0.25, 0.3) is 5.91 Å². The van der Waals surface area contributed by atoms with Crippen LogP contribution >= 0.6 is 11.8 Å². The van der Waals surface area contributed by atoms with Crippen molar-refractivity contribution in [3.8, 4) is 16.9 Å². The van der Waals surface area contributed by atoms with Crippen LogP contribution < -0.4 is 15.4 Å². The van der Waals surface area contributed by atoms with Gasteiger partial charge in [-0.05, 0) is 72.0 Å². The molecule has 4 unspecified atom stereocenters. The molecule has 3 aromatic carbocycles. The van der Waals surface area contributed by atoms with Gasteiger partial charge >= 0.3 is 11.5 Å². The first-order valence-electron chi connectivity index (χ1n) is 12.8. The standard InChI is InChI=1S/C30H24F4N2O5S/c1-41-24-14-23(31)21(15-5-7-16(8-6-15)29(39)40)13-22(24)27(37)36-26-18-10-9-17(11-18)25(26)28(38)35-19-3-2-4-20(12-19)42-30(32,33)34/h2-10,12-14,17-18,25-26H,11H2,1H3,(H,35,38)(H,36,37)(H,39,40). The summed E-state index contributed by atoms with van der Waals surface area (Å²) in [7, 11) is 1.29. The van der Waals surface area contributed by atoms with Gasteiger partial charge in [0.15, 0.2) is 0 Å². The molecule has 0 aliphatic heterocycles. The van der Waals surface area contributed by atoms with Crippen LogP contribution in [0.1, 0.15) is 27.1 Å². The van der Waals surface area contributed by atoms with E-state index >= 15 is 0 Å². The molecule has 2 aliphatic rings. The summed E-state index contributed by atoms with van der Waals surface area (Å²) in [5, 5.41) is 14.7. The third kappa shape index (κ3) is 6.13. The number of allylic oxidation sites excluding steroid dienone is 1. The predicted molar refractivity (Wildman–Crippen MR) is 148 cm³/mol. The number of hydrogen-bond donors (Lipinski definition) is 3. The zero-order valence-corrected chi connectivity index (χ0v) is 22.8.